The molecule has 0 aliphatic heterocycles. The molecule has 0 aliphatic carbocycles. The van der Waals surface area contributed by atoms with Crippen molar-refractivity contribution in [2.75, 3.05) is 13.2 Å². The smallest absolute Gasteiger partial charge is 0.138 e. The molecule has 0 amide bonds. The fourth-order valence-corrected chi connectivity index (χ4v) is 1.82. The molecule has 1 N–H and O–H groups in total. The Morgan fingerprint density at radius 2 is 2.12 bits per heavy atom. The molecule has 0 fully saturated rings. The molecule has 1 aromatic rings. The van der Waals surface area contributed by atoms with Crippen LogP contribution in [0.2, 0.25) is 0 Å². The number of nitrogens with one attached hydrogen (secondary N) is 1. The predicted octanol–water partition coefficient (Wildman–Crippen LogP) is 3.00. The van der Waals surface area contributed by atoms with Crippen molar-refractivity contribution >= 4 is 15.9 Å². The van der Waals surface area contributed by atoms with Gasteiger partial charge in [-0.25, -0.2) is 0 Å². The zero-order valence-corrected chi connectivity index (χ0v) is 11.5. The molecule has 0 aliphatic rings. The van der Waals surface area contributed by atoms with Crippen molar-refractivity contribution in [3.8, 4) is 5.75 Å². The Morgan fingerprint density at radius 3 is 2.75 bits per heavy atom. The molecule has 3 nitrogen and oxygen atoms in total. The van der Waals surface area contributed by atoms with Gasteiger partial charge in [0.1, 0.15) is 12.4 Å². The molecule has 16 heavy (non-hydrogen) atoms. The van der Waals surface area contributed by atoms with E-state index in [0.29, 0.717) is 12.6 Å². The lowest BCUT2D eigenvalue weighted by Crippen LogP contribution is -2.31. The van der Waals surface area contributed by atoms with Gasteiger partial charge in [-0.3, -0.25) is 4.98 Å². The summed E-state index contributed by atoms with van der Waals surface area (Å²) >= 11 is 3.36. The van der Waals surface area contributed by atoms with Crippen LogP contribution >= 0.6 is 15.9 Å². The van der Waals surface area contributed by atoms with E-state index in [0.717, 1.165) is 29.6 Å². The third-order valence-electron chi connectivity index (χ3n) is 2.47. The fraction of sp³-hybridized carbons (Fsp3) is 0.583. The number of aromatic nitrogens is 1. The van der Waals surface area contributed by atoms with E-state index in [1.165, 1.54) is 0 Å². The van der Waals surface area contributed by atoms with Crippen molar-refractivity contribution in [3.63, 3.8) is 0 Å². The van der Waals surface area contributed by atoms with Crippen LogP contribution < -0.4 is 10.1 Å². The Kier molecular flexibility index (Phi) is 6.42. The minimum Gasteiger partial charge on any atom is -0.491 e. The van der Waals surface area contributed by atoms with E-state index in [9.17, 15) is 0 Å². The third-order valence-corrected chi connectivity index (χ3v) is 2.90. The predicted molar refractivity (Wildman–Crippen MR) is 69.8 cm³/mol. The number of hydrogen-bond acceptors (Lipinski definition) is 3. The first kappa shape index (κ1) is 13.5. The SMILES string of the molecule is CCC(CC)NCCOc1cncc(Br)c1. The van der Waals surface area contributed by atoms with Gasteiger partial charge in [0, 0.05) is 23.3 Å². The second kappa shape index (κ2) is 7.63. The maximum Gasteiger partial charge on any atom is 0.138 e. The first-order valence-electron chi connectivity index (χ1n) is 5.73. The molecule has 0 atom stereocenters. The van der Waals surface area contributed by atoms with Gasteiger partial charge in [-0.1, -0.05) is 13.8 Å². The van der Waals surface area contributed by atoms with Gasteiger partial charge in [-0.2, -0.15) is 0 Å². The molecule has 0 unspecified atom stereocenters. The topological polar surface area (TPSA) is 34.1 Å². The van der Waals surface area contributed by atoms with Crippen LogP contribution in [0.15, 0.2) is 22.9 Å². The van der Waals surface area contributed by atoms with Crippen molar-refractivity contribution in [3.05, 3.63) is 22.9 Å². The minimum absolute atomic E-state index is 0.601. The summed E-state index contributed by atoms with van der Waals surface area (Å²) in [6.07, 6.45) is 5.79. The van der Waals surface area contributed by atoms with Crippen LogP contribution in [0.3, 0.4) is 0 Å². The lowest BCUT2D eigenvalue weighted by Gasteiger charge is -2.14. The van der Waals surface area contributed by atoms with E-state index in [1.54, 1.807) is 12.4 Å². The van der Waals surface area contributed by atoms with Crippen molar-refractivity contribution in [2.45, 2.75) is 32.7 Å². The van der Waals surface area contributed by atoms with Gasteiger partial charge < -0.3 is 10.1 Å². The van der Waals surface area contributed by atoms with E-state index in [-0.39, 0.29) is 0 Å². The molecule has 1 rings (SSSR count). The van der Waals surface area contributed by atoms with Crippen LogP contribution in [0.5, 0.6) is 5.75 Å². The molecule has 0 saturated heterocycles. The summed E-state index contributed by atoms with van der Waals surface area (Å²) in [7, 11) is 0. The first-order chi connectivity index (χ1) is 7.76. The average Bonchev–Trinajstić information content (AvgIpc) is 2.29. The van der Waals surface area contributed by atoms with Gasteiger partial charge in [-0.15, -0.1) is 0 Å². The minimum atomic E-state index is 0.601. The monoisotopic (exact) mass is 286 g/mol. The van der Waals surface area contributed by atoms with Crippen molar-refractivity contribution in [2.24, 2.45) is 0 Å². The lowest BCUT2D eigenvalue weighted by atomic mass is 10.2. The third kappa shape index (κ3) is 4.94. The summed E-state index contributed by atoms with van der Waals surface area (Å²) in [6, 6.07) is 2.52. The molecule has 0 saturated carbocycles. The van der Waals surface area contributed by atoms with Crippen LogP contribution in [0.25, 0.3) is 0 Å². The van der Waals surface area contributed by atoms with E-state index in [1.807, 2.05) is 6.07 Å². The summed E-state index contributed by atoms with van der Waals surface area (Å²) in [5, 5.41) is 3.45. The average molecular weight is 287 g/mol. The number of pyridine rings is 1. The number of halogens is 1. The standard InChI is InChI=1S/C12H19BrN2O/c1-3-11(4-2)15-5-6-16-12-7-10(13)8-14-9-12/h7-9,11,15H,3-6H2,1-2H3. The maximum absolute atomic E-state index is 5.57. The quantitative estimate of drug-likeness (QED) is 0.783. The lowest BCUT2D eigenvalue weighted by molar-refractivity contribution is 0.301. The molecular formula is C12H19BrN2O. The van der Waals surface area contributed by atoms with Crippen LogP contribution in [0.1, 0.15) is 26.7 Å². The maximum atomic E-state index is 5.57. The van der Waals surface area contributed by atoms with E-state index >= 15 is 0 Å². The van der Waals surface area contributed by atoms with E-state index < -0.39 is 0 Å². The van der Waals surface area contributed by atoms with E-state index in [2.05, 4.69) is 40.1 Å². The molecule has 0 spiro atoms. The Balaban J connectivity index is 2.20. The van der Waals surface area contributed by atoms with Gasteiger partial charge in [0.15, 0.2) is 0 Å². The highest BCUT2D eigenvalue weighted by Crippen LogP contribution is 2.15. The molecule has 0 bridgehead atoms. The molecular weight excluding hydrogens is 268 g/mol. The molecule has 0 radical (unpaired) electrons. The van der Waals surface area contributed by atoms with Crippen molar-refractivity contribution in [1.29, 1.82) is 0 Å². The number of nitrogens with zero attached hydrogens (tertiary/aromatic N) is 1. The molecule has 1 aromatic heterocycles. The highest BCUT2D eigenvalue weighted by Gasteiger charge is 2.01. The normalized spacial score (nSPS) is 10.8. The number of hydrogen-bond donors (Lipinski definition) is 1. The molecule has 90 valence electrons. The van der Waals surface area contributed by atoms with Crippen LogP contribution in [0.4, 0.5) is 0 Å². The van der Waals surface area contributed by atoms with Crippen LogP contribution in [-0.2, 0) is 0 Å². The van der Waals surface area contributed by atoms with Crippen LogP contribution in [0, 0.1) is 0 Å². The van der Waals surface area contributed by atoms with Gasteiger partial charge in [0.25, 0.3) is 0 Å². The zero-order chi connectivity index (χ0) is 11.8. The van der Waals surface area contributed by atoms with Gasteiger partial charge >= 0.3 is 0 Å². The van der Waals surface area contributed by atoms with Gasteiger partial charge in [0.2, 0.25) is 0 Å². The molecule has 0 aromatic carbocycles. The second-order valence-corrected chi connectivity index (χ2v) is 4.57. The first-order valence-corrected chi connectivity index (χ1v) is 6.52. The molecule has 4 heteroatoms. The van der Waals surface area contributed by atoms with Gasteiger partial charge in [-0.05, 0) is 34.8 Å². The summed E-state index contributed by atoms with van der Waals surface area (Å²) < 4.78 is 6.51. The summed E-state index contributed by atoms with van der Waals surface area (Å²) in [4.78, 5) is 4.04. The largest absolute Gasteiger partial charge is 0.491 e. The Morgan fingerprint density at radius 1 is 1.38 bits per heavy atom. The summed E-state index contributed by atoms with van der Waals surface area (Å²) in [5.41, 5.74) is 0. The number of ether oxygens (including phenoxy) is 1. The Hall–Kier alpha value is -0.610. The number of rotatable bonds is 7. The van der Waals surface area contributed by atoms with Crippen molar-refractivity contribution in [1.82, 2.24) is 10.3 Å². The Bertz CT molecular complexity index is 303. The fourth-order valence-electron chi connectivity index (χ4n) is 1.48. The zero-order valence-electron chi connectivity index (χ0n) is 9.87. The highest BCUT2D eigenvalue weighted by atomic mass is 79.9. The summed E-state index contributed by atoms with van der Waals surface area (Å²) in [6.45, 7) is 5.94. The summed E-state index contributed by atoms with van der Waals surface area (Å²) in [5.74, 6) is 0.806. The molecule has 1 heterocycles. The Labute approximate surface area is 106 Å². The van der Waals surface area contributed by atoms with Crippen LogP contribution in [-0.4, -0.2) is 24.2 Å². The highest BCUT2D eigenvalue weighted by molar-refractivity contribution is 9.10. The second-order valence-electron chi connectivity index (χ2n) is 3.65. The van der Waals surface area contributed by atoms with Gasteiger partial charge in [0.05, 0.1) is 6.20 Å². The van der Waals surface area contributed by atoms with E-state index in [4.69, 9.17) is 4.74 Å². The van der Waals surface area contributed by atoms with Crippen molar-refractivity contribution < 1.29 is 4.74 Å².